The predicted octanol–water partition coefficient (Wildman–Crippen LogP) is 4.26. The van der Waals surface area contributed by atoms with E-state index in [2.05, 4.69) is 4.98 Å². The highest BCUT2D eigenvalue weighted by atomic mass is 19.4. The van der Waals surface area contributed by atoms with E-state index in [9.17, 15) is 18.0 Å². The molecule has 0 saturated carbocycles. The maximum Gasteiger partial charge on any atom is 0.435 e. The summed E-state index contributed by atoms with van der Waals surface area (Å²) in [6.07, 6.45) is -4.58. The molecular weight excluding hydrogens is 333 g/mol. The van der Waals surface area contributed by atoms with Gasteiger partial charge >= 0.3 is 12.1 Å². The molecule has 0 aliphatic rings. The lowest BCUT2D eigenvalue weighted by atomic mass is 10.1. The fourth-order valence-corrected chi connectivity index (χ4v) is 2.85. The number of hydrogen-bond acceptors (Lipinski definition) is 2. The maximum atomic E-state index is 13.5. The Kier molecular flexibility index (Phi) is 4.02. The van der Waals surface area contributed by atoms with Crippen LogP contribution in [0.2, 0.25) is 0 Å². The number of imidazole rings is 1. The highest BCUT2D eigenvalue weighted by molar-refractivity contribution is 5.89. The second-order valence-electron chi connectivity index (χ2n) is 5.95. The summed E-state index contributed by atoms with van der Waals surface area (Å²) in [6, 6.07) is 9.72. The Hall–Kier alpha value is -2.83. The monoisotopic (exact) mass is 348 g/mol. The third-order valence-electron chi connectivity index (χ3n) is 4.01. The molecule has 2 heterocycles. The first-order valence-electron chi connectivity index (χ1n) is 7.55. The van der Waals surface area contributed by atoms with Gasteiger partial charge in [-0.1, -0.05) is 29.8 Å². The number of carboxylic acid groups (broad SMARTS) is 1. The molecule has 0 fully saturated rings. The summed E-state index contributed by atoms with van der Waals surface area (Å²) >= 11 is 0. The molecule has 0 amide bonds. The van der Waals surface area contributed by atoms with E-state index in [1.165, 1.54) is 10.5 Å². The van der Waals surface area contributed by atoms with Gasteiger partial charge in [0.25, 0.3) is 0 Å². The van der Waals surface area contributed by atoms with Crippen molar-refractivity contribution in [3.05, 3.63) is 70.2 Å². The predicted molar refractivity (Wildman–Crippen MR) is 85.9 cm³/mol. The summed E-state index contributed by atoms with van der Waals surface area (Å²) in [4.78, 5) is 14.8. The van der Waals surface area contributed by atoms with Crippen molar-refractivity contribution in [1.29, 1.82) is 0 Å². The fraction of sp³-hybridized carbons (Fsp3) is 0.222. The highest BCUT2D eigenvalue weighted by Gasteiger charge is 2.38. The molecule has 0 aliphatic carbocycles. The van der Waals surface area contributed by atoms with Crippen molar-refractivity contribution >= 4 is 11.6 Å². The topological polar surface area (TPSA) is 54.6 Å². The molecule has 3 aromatic rings. The van der Waals surface area contributed by atoms with Crippen molar-refractivity contribution in [2.24, 2.45) is 0 Å². The lowest BCUT2D eigenvalue weighted by molar-refractivity contribution is -0.141. The molecule has 0 aliphatic heterocycles. The third kappa shape index (κ3) is 3.22. The minimum atomic E-state index is -4.62. The molecule has 7 heteroatoms. The smallest absolute Gasteiger partial charge is 0.435 e. The molecule has 0 radical (unpaired) electrons. The van der Waals surface area contributed by atoms with Gasteiger partial charge in [-0.2, -0.15) is 13.2 Å². The first-order chi connectivity index (χ1) is 11.7. The number of aryl methyl sites for hydroxylation is 2. The van der Waals surface area contributed by atoms with Crippen molar-refractivity contribution in [3.8, 4) is 0 Å². The Morgan fingerprint density at radius 1 is 1.16 bits per heavy atom. The van der Waals surface area contributed by atoms with Gasteiger partial charge < -0.3 is 9.51 Å². The number of benzene rings is 1. The van der Waals surface area contributed by atoms with Crippen LogP contribution in [0.15, 0.2) is 36.4 Å². The fourth-order valence-electron chi connectivity index (χ4n) is 2.85. The second kappa shape index (κ2) is 5.91. The number of aromatic carboxylic acids is 1. The van der Waals surface area contributed by atoms with Crippen molar-refractivity contribution < 1.29 is 23.1 Å². The van der Waals surface area contributed by atoms with Gasteiger partial charge in [-0.05, 0) is 31.5 Å². The second-order valence-corrected chi connectivity index (χ2v) is 5.95. The molecular formula is C18H15F3N2O2. The number of carbonyl (C=O) groups is 1. The molecule has 130 valence electrons. The van der Waals surface area contributed by atoms with Crippen molar-refractivity contribution in [1.82, 2.24) is 9.38 Å². The van der Waals surface area contributed by atoms with Crippen LogP contribution in [0.4, 0.5) is 13.2 Å². The molecule has 0 spiro atoms. The number of nitrogens with zero attached hydrogens (tertiary/aromatic N) is 2. The van der Waals surface area contributed by atoms with Crippen LogP contribution < -0.4 is 0 Å². The number of pyridine rings is 1. The van der Waals surface area contributed by atoms with Crippen LogP contribution in [0.5, 0.6) is 0 Å². The van der Waals surface area contributed by atoms with E-state index in [-0.39, 0.29) is 23.3 Å². The summed E-state index contributed by atoms with van der Waals surface area (Å²) in [5.41, 5.74) is 1.02. The number of fused-ring (bicyclic) bond motifs is 1. The average molecular weight is 348 g/mol. The molecule has 2 aromatic heterocycles. The zero-order chi connectivity index (χ0) is 18.4. The van der Waals surface area contributed by atoms with Gasteiger partial charge in [-0.3, -0.25) is 0 Å². The van der Waals surface area contributed by atoms with Gasteiger partial charge in [-0.25, -0.2) is 9.78 Å². The standard InChI is InChI=1S/C18H15F3N2O2/c1-10-3-5-12(6-4-10)8-14-16(18(19,20)21)22-15-9-13(17(24)25)7-11(2)23(14)15/h3-7,9H,8H2,1-2H3,(H,24,25). The minimum Gasteiger partial charge on any atom is -0.478 e. The quantitative estimate of drug-likeness (QED) is 0.769. The van der Waals surface area contributed by atoms with Crippen molar-refractivity contribution in [2.45, 2.75) is 26.4 Å². The first kappa shape index (κ1) is 17.0. The van der Waals surface area contributed by atoms with Gasteiger partial charge in [0.1, 0.15) is 5.65 Å². The van der Waals surface area contributed by atoms with Crippen LogP contribution in [0.3, 0.4) is 0 Å². The molecule has 4 nitrogen and oxygen atoms in total. The molecule has 25 heavy (non-hydrogen) atoms. The molecule has 0 bridgehead atoms. The van der Waals surface area contributed by atoms with E-state index >= 15 is 0 Å². The Morgan fingerprint density at radius 2 is 1.80 bits per heavy atom. The Balaban J connectivity index is 2.23. The highest BCUT2D eigenvalue weighted by Crippen LogP contribution is 2.34. The van der Waals surface area contributed by atoms with E-state index in [1.807, 2.05) is 19.1 Å². The molecule has 1 N–H and O–H groups in total. The first-order valence-corrected chi connectivity index (χ1v) is 7.55. The van der Waals surface area contributed by atoms with Crippen LogP contribution in [-0.4, -0.2) is 20.5 Å². The third-order valence-corrected chi connectivity index (χ3v) is 4.01. The van der Waals surface area contributed by atoms with E-state index in [4.69, 9.17) is 5.11 Å². The van der Waals surface area contributed by atoms with E-state index in [1.54, 1.807) is 19.1 Å². The zero-order valence-corrected chi connectivity index (χ0v) is 13.6. The number of rotatable bonds is 3. The molecule has 1 aromatic carbocycles. The summed E-state index contributed by atoms with van der Waals surface area (Å²) in [5.74, 6) is -1.21. The number of halogens is 3. The maximum absolute atomic E-state index is 13.5. The summed E-state index contributed by atoms with van der Waals surface area (Å²) in [5, 5.41) is 9.11. The van der Waals surface area contributed by atoms with Crippen LogP contribution >= 0.6 is 0 Å². The van der Waals surface area contributed by atoms with E-state index < -0.39 is 17.8 Å². The van der Waals surface area contributed by atoms with Gasteiger partial charge in [0.2, 0.25) is 0 Å². The molecule has 0 unspecified atom stereocenters. The lowest BCUT2D eigenvalue weighted by Gasteiger charge is -2.10. The summed E-state index contributed by atoms with van der Waals surface area (Å²) in [7, 11) is 0. The van der Waals surface area contributed by atoms with E-state index in [0.717, 1.165) is 17.2 Å². The number of hydrogen-bond donors (Lipinski definition) is 1. The Bertz CT molecular complexity index is 957. The van der Waals surface area contributed by atoms with Crippen LogP contribution in [0, 0.1) is 13.8 Å². The van der Waals surface area contributed by atoms with E-state index in [0.29, 0.717) is 5.69 Å². The van der Waals surface area contributed by atoms with Gasteiger partial charge in [-0.15, -0.1) is 0 Å². The lowest BCUT2D eigenvalue weighted by Crippen LogP contribution is -2.11. The van der Waals surface area contributed by atoms with Crippen LogP contribution in [0.25, 0.3) is 5.65 Å². The SMILES string of the molecule is Cc1ccc(Cc2c(C(F)(F)F)nc3cc(C(=O)O)cc(C)n23)cc1. The summed E-state index contributed by atoms with van der Waals surface area (Å²) < 4.78 is 41.7. The normalized spacial score (nSPS) is 11.9. The van der Waals surface area contributed by atoms with Gasteiger partial charge in [0.05, 0.1) is 11.3 Å². The zero-order valence-electron chi connectivity index (χ0n) is 13.6. The Labute approximate surface area is 141 Å². The van der Waals surface area contributed by atoms with Gasteiger partial charge in [0, 0.05) is 12.1 Å². The average Bonchev–Trinajstić information content (AvgIpc) is 2.89. The van der Waals surface area contributed by atoms with Crippen molar-refractivity contribution in [3.63, 3.8) is 0 Å². The summed E-state index contributed by atoms with van der Waals surface area (Å²) in [6.45, 7) is 3.47. The molecule has 3 rings (SSSR count). The largest absolute Gasteiger partial charge is 0.478 e. The minimum absolute atomic E-state index is 0.000733. The molecule has 0 atom stereocenters. The Morgan fingerprint density at radius 3 is 2.36 bits per heavy atom. The number of aromatic nitrogens is 2. The van der Waals surface area contributed by atoms with Gasteiger partial charge in [0.15, 0.2) is 5.69 Å². The van der Waals surface area contributed by atoms with Crippen molar-refractivity contribution in [2.75, 3.05) is 0 Å². The number of carboxylic acids is 1. The van der Waals surface area contributed by atoms with Crippen LogP contribution in [-0.2, 0) is 12.6 Å². The van der Waals surface area contributed by atoms with Crippen LogP contribution in [0.1, 0.15) is 38.6 Å². The molecule has 0 saturated heterocycles. The number of alkyl halides is 3.